The molecular formula is C11H18N2O2. The van der Waals surface area contributed by atoms with Crippen LogP contribution in [0.1, 0.15) is 26.7 Å². The molecule has 1 aliphatic rings. The molecule has 2 amide bonds. The summed E-state index contributed by atoms with van der Waals surface area (Å²) in [5.74, 6) is -0.214. The van der Waals surface area contributed by atoms with Crippen LogP contribution in [-0.2, 0) is 9.59 Å². The third-order valence-electron chi connectivity index (χ3n) is 2.44. The van der Waals surface area contributed by atoms with E-state index < -0.39 is 0 Å². The Bertz CT molecular complexity index is 274. The van der Waals surface area contributed by atoms with Crippen molar-refractivity contribution in [3.05, 3.63) is 12.7 Å². The van der Waals surface area contributed by atoms with E-state index in [2.05, 4.69) is 11.9 Å². The Morgan fingerprint density at radius 1 is 1.53 bits per heavy atom. The van der Waals surface area contributed by atoms with E-state index in [1.807, 2.05) is 13.8 Å². The molecule has 0 aromatic heterocycles. The van der Waals surface area contributed by atoms with Crippen molar-refractivity contribution in [1.29, 1.82) is 0 Å². The molecule has 1 heterocycles. The third-order valence-corrected chi connectivity index (χ3v) is 2.44. The van der Waals surface area contributed by atoms with Crippen molar-refractivity contribution in [2.75, 3.05) is 6.54 Å². The molecule has 1 aliphatic heterocycles. The molecule has 0 radical (unpaired) electrons. The first-order valence-electron chi connectivity index (χ1n) is 5.29. The molecule has 84 valence electrons. The van der Waals surface area contributed by atoms with Crippen LogP contribution >= 0.6 is 0 Å². The van der Waals surface area contributed by atoms with Crippen LogP contribution in [-0.4, -0.2) is 35.3 Å². The minimum atomic E-state index is -0.308. The molecule has 1 rings (SSSR count). The summed E-state index contributed by atoms with van der Waals surface area (Å²) in [5, 5.41) is 2.83. The Morgan fingerprint density at radius 2 is 2.20 bits per heavy atom. The quantitative estimate of drug-likeness (QED) is 0.697. The van der Waals surface area contributed by atoms with Gasteiger partial charge in [0, 0.05) is 12.6 Å². The monoisotopic (exact) mass is 210 g/mol. The summed E-state index contributed by atoms with van der Waals surface area (Å²) < 4.78 is 0. The Kier molecular flexibility index (Phi) is 3.88. The molecule has 15 heavy (non-hydrogen) atoms. The minimum Gasteiger partial charge on any atom is -0.352 e. The lowest BCUT2D eigenvalue weighted by molar-refractivity contribution is -0.135. The van der Waals surface area contributed by atoms with Gasteiger partial charge in [-0.2, -0.15) is 0 Å². The second-order valence-corrected chi connectivity index (χ2v) is 4.06. The molecule has 4 heteroatoms. The maximum Gasteiger partial charge on any atom is 0.246 e. The molecule has 1 saturated heterocycles. The lowest BCUT2D eigenvalue weighted by atomic mass is 10.2. The number of nitrogens with one attached hydrogen (secondary N) is 1. The van der Waals surface area contributed by atoms with Crippen molar-refractivity contribution in [2.24, 2.45) is 0 Å². The molecule has 1 atom stereocenters. The van der Waals surface area contributed by atoms with Crippen LogP contribution in [0.2, 0.25) is 0 Å². The third kappa shape index (κ3) is 2.81. The lowest BCUT2D eigenvalue weighted by Gasteiger charge is -2.23. The van der Waals surface area contributed by atoms with Gasteiger partial charge in [-0.1, -0.05) is 6.58 Å². The number of likely N-dealkylation sites (tertiary alicyclic amines) is 1. The van der Waals surface area contributed by atoms with Gasteiger partial charge in [-0.15, -0.1) is 0 Å². The Labute approximate surface area is 90.3 Å². The smallest absolute Gasteiger partial charge is 0.246 e. The fraction of sp³-hybridized carbons (Fsp3) is 0.636. The Morgan fingerprint density at radius 3 is 2.73 bits per heavy atom. The predicted octanol–water partition coefficient (Wildman–Crippen LogP) is 0.688. The van der Waals surface area contributed by atoms with Crippen LogP contribution in [0.5, 0.6) is 0 Å². The van der Waals surface area contributed by atoms with Crippen LogP contribution in [0.15, 0.2) is 12.7 Å². The van der Waals surface area contributed by atoms with Gasteiger partial charge >= 0.3 is 0 Å². The van der Waals surface area contributed by atoms with Gasteiger partial charge < -0.3 is 10.2 Å². The van der Waals surface area contributed by atoms with E-state index in [9.17, 15) is 9.59 Å². The van der Waals surface area contributed by atoms with Gasteiger partial charge in [0.1, 0.15) is 6.04 Å². The van der Waals surface area contributed by atoms with Gasteiger partial charge in [0.15, 0.2) is 0 Å². The number of carbonyl (C=O) groups is 2. The predicted molar refractivity (Wildman–Crippen MR) is 58.2 cm³/mol. The van der Waals surface area contributed by atoms with Crippen molar-refractivity contribution < 1.29 is 9.59 Å². The number of nitrogens with zero attached hydrogens (tertiary/aromatic N) is 1. The summed E-state index contributed by atoms with van der Waals surface area (Å²) in [6, 6.07) is -0.198. The number of hydrogen-bond donors (Lipinski definition) is 1. The largest absolute Gasteiger partial charge is 0.352 e. The molecule has 0 aromatic carbocycles. The van der Waals surface area contributed by atoms with E-state index in [4.69, 9.17) is 0 Å². The zero-order valence-electron chi connectivity index (χ0n) is 9.32. The van der Waals surface area contributed by atoms with Crippen molar-refractivity contribution in [3.8, 4) is 0 Å². The molecular weight excluding hydrogens is 192 g/mol. The number of hydrogen-bond acceptors (Lipinski definition) is 2. The van der Waals surface area contributed by atoms with Crippen LogP contribution < -0.4 is 5.32 Å². The van der Waals surface area contributed by atoms with E-state index in [0.717, 1.165) is 12.8 Å². The highest BCUT2D eigenvalue weighted by Crippen LogP contribution is 2.17. The molecule has 1 fully saturated rings. The number of carbonyl (C=O) groups excluding carboxylic acids is 2. The summed E-state index contributed by atoms with van der Waals surface area (Å²) >= 11 is 0. The second kappa shape index (κ2) is 4.96. The van der Waals surface area contributed by atoms with E-state index in [1.54, 1.807) is 4.90 Å². The van der Waals surface area contributed by atoms with Crippen molar-refractivity contribution in [2.45, 2.75) is 38.8 Å². The summed E-state index contributed by atoms with van der Waals surface area (Å²) in [7, 11) is 0. The average molecular weight is 210 g/mol. The maximum atomic E-state index is 11.7. The molecule has 0 aliphatic carbocycles. The van der Waals surface area contributed by atoms with Crippen molar-refractivity contribution in [1.82, 2.24) is 10.2 Å². The van der Waals surface area contributed by atoms with Gasteiger partial charge in [0.2, 0.25) is 11.8 Å². The zero-order valence-corrected chi connectivity index (χ0v) is 9.32. The first kappa shape index (κ1) is 11.8. The van der Waals surface area contributed by atoms with Crippen LogP contribution in [0.4, 0.5) is 0 Å². The van der Waals surface area contributed by atoms with E-state index in [0.29, 0.717) is 6.54 Å². The van der Waals surface area contributed by atoms with Gasteiger partial charge in [-0.3, -0.25) is 9.59 Å². The maximum absolute atomic E-state index is 11.7. The fourth-order valence-electron chi connectivity index (χ4n) is 1.80. The van der Waals surface area contributed by atoms with Gasteiger partial charge in [0.25, 0.3) is 0 Å². The van der Waals surface area contributed by atoms with Crippen LogP contribution in [0.25, 0.3) is 0 Å². The first-order chi connectivity index (χ1) is 7.06. The molecule has 0 saturated carbocycles. The average Bonchev–Trinajstić information content (AvgIpc) is 2.63. The van der Waals surface area contributed by atoms with Gasteiger partial charge in [-0.05, 0) is 32.8 Å². The van der Waals surface area contributed by atoms with Gasteiger partial charge in [-0.25, -0.2) is 0 Å². The highest BCUT2D eigenvalue weighted by molar-refractivity contribution is 5.93. The summed E-state index contributed by atoms with van der Waals surface area (Å²) in [4.78, 5) is 24.8. The van der Waals surface area contributed by atoms with Crippen molar-refractivity contribution in [3.63, 3.8) is 0 Å². The van der Waals surface area contributed by atoms with E-state index >= 15 is 0 Å². The highest BCUT2D eigenvalue weighted by Gasteiger charge is 2.32. The summed E-state index contributed by atoms with van der Waals surface area (Å²) in [6.45, 7) is 7.91. The van der Waals surface area contributed by atoms with Gasteiger partial charge in [0.05, 0.1) is 0 Å². The molecule has 0 spiro atoms. The number of rotatable bonds is 3. The summed E-state index contributed by atoms with van der Waals surface area (Å²) in [5.41, 5.74) is 0. The Balaban J connectivity index is 2.63. The Hall–Kier alpha value is -1.32. The molecule has 4 nitrogen and oxygen atoms in total. The zero-order chi connectivity index (χ0) is 11.4. The highest BCUT2D eigenvalue weighted by atomic mass is 16.2. The van der Waals surface area contributed by atoms with E-state index in [1.165, 1.54) is 6.08 Å². The molecule has 0 aromatic rings. The molecule has 0 unspecified atom stereocenters. The minimum absolute atomic E-state index is 0.0577. The first-order valence-corrected chi connectivity index (χ1v) is 5.29. The fourth-order valence-corrected chi connectivity index (χ4v) is 1.80. The second-order valence-electron chi connectivity index (χ2n) is 4.06. The topological polar surface area (TPSA) is 49.4 Å². The number of amides is 2. The van der Waals surface area contributed by atoms with Crippen molar-refractivity contribution >= 4 is 11.8 Å². The van der Waals surface area contributed by atoms with E-state index in [-0.39, 0.29) is 23.9 Å². The van der Waals surface area contributed by atoms with Crippen LogP contribution in [0.3, 0.4) is 0 Å². The SMILES string of the molecule is C=CC(=O)N1CCC[C@@H]1C(=O)NC(C)C. The van der Waals surface area contributed by atoms with Crippen LogP contribution in [0, 0.1) is 0 Å². The lowest BCUT2D eigenvalue weighted by Crippen LogP contribution is -2.47. The summed E-state index contributed by atoms with van der Waals surface area (Å²) in [6.07, 6.45) is 2.90. The standard InChI is InChI=1S/C11H18N2O2/c1-4-10(14)13-7-5-6-9(13)11(15)12-8(2)3/h4,8-9H,1,5-7H2,2-3H3,(H,12,15)/t9-/m1/s1. The molecule has 1 N–H and O–H groups in total. The molecule has 0 bridgehead atoms. The normalized spacial score (nSPS) is 20.5.